The van der Waals surface area contributed by atoms with Crippen molar-refractivity contribution in [3.8, 4) is 11.5 Å². The maximum absolute atomic E-state index is 12.3. The zero-order chi connectivity index (χ0) is 23.5. The summed E-state index contributed by atoms with van der Waals surface area (Å²) in [6.45, 7) is 0. The van der Waals surface area contributed by atoms with Crippen LogP contribution in [0.2, 0.25) is 0 Å². The van der Waals surface area contributed by atoms with Gasteiger partial charge >= 0.3 is 12.7 Å². The molecule has 0 bridgehead atoms. The quantitative estimate of drug-likeness (QED) is 0.589. The Hall–Kier alpha value is -3.96. The molecule has 0 aliphatic heterocycles. The molecule has 0 amide bonds. The molecule has 0 unspecified atom stereocenters. The van der Waals surface area contributed by atoms with E-state index in [9.17, 15) is 35.9 Å². The number of hydrogen-bond acceptors (Lipinski definition) is 4. The summed E-state index contributed by atoms with van der Waals surface area (Å²) < 4.78 is 80.7. The Morgan fingerprint density at radius 3 is 1.19 bits per heavy atom. The van der Waals surface area contributed by atoms with Crippen LogP contribution in [0.4, 0.5) is 26.3 Å². The van der Waals surface area contributed by atoms with Crippen LogP contribution in [-0.2, 0) is 0 Å². The summed E-state index contributed by atoms with van der Waals surface area (Å²) in [5, 5.41) is -0.323. The fraction of sp³-hybridized carbons (Fsp3) is 0.100. The lowest BCUT2D eigenvalue weighted by Gasteiger charge is -2.08. The number of rotatable bonds is 4. The summed E-state index contributed by atoms with van der Waals surface area (Å²) in [7, 11) is 0. The molecule has 0 aliphatic rings. The van der Waals surface area contributed by atoms with Gasteiger partial charge in [-0.15, -0.1) is 26.3 Å². The highest BCUT2D eigenvalue weighted by atomic mass is 19.4. The SMILES string of the molecule is O=c1[nH]c(=Cc2ccc(OC(F)(F)F)cc2)c(=O)[nH]c1=Cc1ccc(OC(F)(F)F)cc1. The molecule has 1 heterocycles. The van der Waals surface area contributed by atoms with Crippen molar-refractivity contribution in [1.29, 1.82) is 0 Å². The third-order valence-corrected chi connectivity index (χ3v) is 3.84. The molecular weight excluding hydrogens is 446 g/mol. The second kappa shape index (κ2) is 8.65. The van der Waals surface area contributed by atoms with E-state index in [2.05, 4.69) is 19.4 Å². The first-order valence-electron chi connectivity index (χ1n) is 8.66. The summed E-state index contributed by atoms with van der Waals surface area (Å²) in [6, 6.07) is 9.18. The molecule has 3 rings (SSSR count). The van der Waals surface area contributed by atoms with Crippen molar-refractivity contribution in [3.63, 3.8) is 0 Å². The predicted molar refractivity (Wildman–Crippen MR) is 100 cm³/mol. The Morgan fingerprint density at radius 2 is 0.906 bits per heavy atom. The Labute approximate surface area is 174 Å². The van der Waals surface area contributed by atoms with Crippen molar-refractivity contribution in [1.82, 2.24) is 9.97 Å². The van der Waals surface area contributed by atoms with E-state index in [0.717, 1.165) is 24.3 Å². The minimum absolute atomic E-state index is 0.162. The minimum atomic E-state index is -4.84. The van der Waals surface area contributed by atoms with Crippen LogP contribution in [0.1, 0.15) is 11.1 Å². The largest absolute Gasteiger partial charge is 0.573 e. The lowest BCUT2D eigenvalue weighted by atomic mass is 10.2. The van der Waals surface area contributed by atoms with Crippen molar-refractivity contribution >= 4 is 12.2 Å². The number of ether oxygens (including phenoxy) is 2. The lowest BCUT2D eigenvalue weighted by molar-refractivity contribution is -0.275. The van der Waals surface area contributed by atoms with Crippen LogP contribution >= 0.6 is 0 Å². The van der Waals surface area contributed by atoms with E-state index in [-0.39, 0.29) is 10.7 Å². The summed E-state index contributed by atoms with van der Waals surface area (Å²) >= 11 is 0. The van der Waals surface area contributed by atoms with Gasteiger partial charge < -0.3 is 19.4 Å². The fourth-order valence-corrected chi connectivity index (χ4v) is 2.56. The normalized spacial score (nSPS) is 13.3. The van der Waals surface area contributed by atoms with Crippen LogP contribution in [0.3, 0.4) is 0 Å². The highest BCUT2D eigenvalue weighted by Crippen LogP contribution is 2.23. The van der Waals surface area contributed by atoms with Gasteiger partial charge in [0.2, 0.25) is 0 Å². The smallest absolute Gasteiger partial charge is 0.406 e. The third-order valence-electron chi connectivity index (χ3n) is 3.84. The van der Waals surface area contributed by atoms with Gasteiger partial charge in [0.15, 0.2) is 0 Å². The Bertz CT molecular complexity index is 1220. The predicted octanol–water partition coefficient (Wildman–Crippen LogP) is 2.52. The Balaban J connectivity index is 1.88. The summed E-state index contributed by atoms with van der Waals surface area (Å²) in [4.78, 5) is 29.2. The molecule has 3 aromatic rings. The molecule has 2 N–H and O–H groups in total. The molecule has 168 valence electrons. The van der Waals surface area contributed by atoms with Gasteiger partial charge in [0, 0.05) is 0 Å². The summed E-state index contributed by atoms with van der Waals surface area (Å²) in [5.74, 6) is -0.901. The van der Waals surface area contributed by atoms with Gasteiger partial charge in [-0.3, -0.25) is 9.59 Å². The highest BCUT2D eigenvalue weighted by Gasteiger charge is 2.31. The minimum Gasteiger partial charge on any atom is -0.406 e. The molecule has 0 radical (unpaired) electrons. The van der Waals surface area contributed by atoms with Crippen LogP contribution in [0.25, 0.3) is 12.2 Å². The van der Waals surface area contributed by atoms with E-state index in [4.69, 9.17) is 0 Å². The lowest BCUT2D eigenvalue weighted by Crippen LogP contribution is -2.46. The number of alkyl halides is 6. The standard InChI is InChI=1S/C20H12F6N2O4/c21-19(22,23)31-13-5-1-11(2-6-13)9-15-17(29)28-16(18(30)27-15)10-12-3-7-14(8-4-12)32-20(24,25)26/h1-10H,(H,27,30)(H,28,29). The fourth-order valence-electron chi connectivity index (χ4n) is 2.56. The second-order valence-electron chi connectivity index (χ2n) is 6.26. The molecular formula is C20H12F6N2O4. The van der Waals surface area contributed by atoms with Crippen molar-refractivity contribution in [2.75, 3.05) is 0 Å². The van der Waals surface area contributed by atoms with Gasteiger partial charge in [0.25, 0.3) is 11.1 Å². The highest BCUT2D eigenvalue weighted by molar-refractivity contribution is 5.51. The molecule has 6 nitrogen and oxygen atoms in total. The third kappa shape index (κ3) is 6.52. The molecule has 0 fully saturated rings. The van der Waals surface area contributed by atoms with E-state index in [1.54, 1.807) is 0 Å². The van der Waals surface area contributed by atoms with Gasteiger partial charge in [-0.1, -0.05) is 24.3 Å². The average molecular weight is 458 g/mol. The van der Waals surface area contributed by atoms with Crippen LogP contribution in [0.5, 0.6) is 11.5 Å². The van der Waals surface area contributed by atoms with Crippen LogP contribution in [0.15, 0.2) is 58.1 Å². The maximum atomic E-state index is 12.3. The van der Waals surface area contributed by atoms with Gasteiger partial charge in [0.05, 0.1) is 0 Å². The molecule has 1 aromatic heterocycles. The molecule has 0 atom stereocenters. The Morgan fingerprint density at radius 1 is 0.594 bits per heavy atom. The number of benzene rings is 2. The number of aromatic nitrogens is 2. The van der Waals surface area contributed by atoms with Crippen molar-refractivity contribution < 1.29 is 35.8 Å². The van der Waals surface area contributed by atoms with E-state index >= 15 is 0 Å². The van der Waals surface area contributed by atoms with Gasteiger partial charge in [-0.2, -0.15) is 0 Å². The molecule has 2 aromatic carbocycles. The zero-order valence-electron chi connectivity index (χ0n) is 15.7. The summed E-state index contributed by atoms with van der Waals surface area (Å²) in [6.07, 6.45) is -7.20. The van der Waals surface area contributed by atoms with Crippen molar-refractivity contribution in [3.05, 3.63) is 91.1 Å². The summed E-state index contributed by atoms with van der Waals surface area (Å²) in [5.41, 5.74) is -0.776. The molecule has 0 saturated heterocycles. The second-order valence-corrected chi connectivity index (χ2v) is 6.26. The molecule has 0 spiro atoms. The van der Waals surface area contributed by atoms with Crippen LogP contribution in [0, 0.1) is 0 Å². The van der Waals surface area contributed by atoms with Gasteiger partial charge in [-0.05, 0) is 47.5 Å². The van der Waals surface area contributed by atoms with Gasteiger partial charge in [-0.25, -0.2) is 0 Å². The first kappa shape index (κ1) is 22.7. The molecule has 0 saturated carbocycles. The first-order valence-corrected chi connectivity index (χ1v) is 8.66. The number of aromatic amines is 2. The first-order chi connectivity index (χ1) is 14.9. The molecule has 32 heavy (non-hydrogen) atoms. The molecule has 12 heteroatoms. The van der Waals surface area contributed by atoms with Crippen LogP contribution in [-0.4, -0.2) is 22.7 Å². The van der Waals surface area contributed by atoms with Crippen molar-refractivity contribution in [2.24, 2.45) is 0 Å². The number of halogens is 6. The number of H-pyrrole nitrogens is 2. The number of hydrogen-bond donors (Lipinski definition) is 2. The van der Waals surface area contributed by atoms with E-state index in [0.29, 0.717) is 11.1 Å². The Kier molecular flexibility index (Phi) is 6.14. The monoisotopic (exact) mass is 458 g/mol. The molecule has 0 aliphatic carbocycles. The topological polar surface area (TPSA) is 84.2 Å². The van der Waals surface area contributed by atoms with E-state index in [1.165, 1.54) is 36.4 Å². The average Bonchev–Trinajstić information content (AvgIpc) is 2.66. The maximum Gasteiger partial charge on any atom is 0.573 e. The van der Waals surface area contributed by atoms with Crippen molar-refractivity contribution in [2.45, 2.75) is 12.7 Å². The van der Waals surface area contributed by atoms with Crippen LogP contribution < -0.4 is 31.3 Å². The van der Waals surface area contributed by atoms with E-state index < -0.39 is 35.3 Å². The van der Waals surface area contributed by atoms with Gasteiger partial charge in [0.1, 0.15) is 22.2 Å². The van der Waals surface area contributed by atoms with E-state index in [1.807, 2.05) is 0 Å². The zero-order valence-corrected chi connectivity index (χ0v) is 15.7. The number of nitrogens with one attached hydrogen (secondary N) is 2.